The fourth-order valence-corrected chi connectivity index (χ4v) is 5.01. The molecule has 1 N–H and O–H groups in total. The van der Waals surface area contributed by atoms with Crippen LogP contribution in [0.4, 0.5) is 5.69 Å². The van der Waals surface area contributed by atoms with Crippen molar-refractivity contribution in [3.8, 4) is 0 Å². The number of hydrogen-bond donors (Lipinski definition) is 1. The van der Waals surface area contributed by atoms with Crippen molar-refractivity contribution < 1.29 is 13.2 Å². The van der Waals surface area contributed by atoms with Crippen molar-refractivity contribution in [2.75, 3.05) is 18.4 Å². The maximum absolute atomic E-state index is 12.8. The van der Waals surface area contributed by atoms with Gasteiger partial charge >= 0.3 is 0 Å². The van der Waals surface area contributed by atoms with E-state index in [1.165, 1.54) is 10.4 Å². The van der Waals surface area contributed by atoms with E-state index in [-0.39, 0.29) is 36.5 Å². The second kappa shape index (κ2) is 9.15. The molecule has 0 spiro atoms. The van der Waals surface area contributed by atoms with Crippen molar-refractivity contribution in [3.05, 3.63) is 49.7 Å². The molecule has 0 aliphatic heterocycles. The van der Waals surface area contributed by atoms with Crippen LogP contribution >= 0.6 is 46.4 Å². The van der Waals surface area contributed by atoms with Crippen LogP contribution in [-0.2, 0) is 10.0 Å². The molecule has 0 atom stereocenters. The normalized spacial score (nSPS) is 11.7. The molecule has 28 heavy (non-hydrogen) atoms. The predicted molar refractivity (Wildman–Crippen MR) is 114 cm³/mol. The zero-order valence-electron chi connectivity index (χ0n) is 15.2. The molecule has 0 aliphatic carbocycles. The molecule has 1 amide bonds. The first kappa shape index (κ1) is 23.2. The van der Waals surface area contributed by atoms with Gasteiger partial charge in [-0.1, -0.05) is 66.3 Å². The number of benzene rings is 1. The van der Waals surface area contributed by atoms with Gasteiger partial charge in [0.25, 0.3) is 5.91 Å². The molecule has 0 radical (unpaired) electrons. The van der Waals surface area contributed by atoms with Gasteiger partial charge < -0.3 is 5.32 Å². The average Bonchev–Trinajstić information content (AvgIpc) is 2.65. The molecule has 152 valence electrons. The number of nitrogens with one attached hydrogen (secondary N) is 1. The van der Waals surface area contributed by atoms with E-state index in [1.807, 2.05) is 0 Å². The van der Waals surface area contributed by atoms with E-state index in [2.05, 4.69) is 10.3 Å². The van der Waals surface area contributed by atoms with Crippen LogP contribution < -0.4 is 5.32 Å². The quantitative estimate of drug-likeness (QED) is 0.565. The third-order valence-corrected chi connectivity index (χ3v) is 7.84. The molecule has 0 saturated heterocycles. The van der Waals surface area contributed by atoms with E-state index in [4.69, 9.17) is 46.4 Å². The number of aryl methyl sites for hydroxylation is 1. The number of nitrogens with zero attached hydrogens (tertiary/aromatic N) is 2. The minimum Gasteiger partial charge on any atom is -0.321 e. The minimum absolute atomic E-state index is 0.0622. The summed E-state index contributed by atoms with van der Waals surface area (Å²) in [4.78, 5) is 16.5. The number of carbonyl (C=O) groups is 1. The van der Waals surface area contributed by atoms with Crippen LogP contribution in [0.15, 0.2) is 23.1 Å². The lowest BCUT2D eigenvalue weighted by atomic mass is 10.2. The highest BCUT2D eigenvalue weighted by Gasteiger charge is 2.25. The predicted octanol–water partition coefficient (Wildman–Crippen LogP) is 5.29. The molecule has 6 nitrogen and oxygen atoms in total. The molecule has 2 rings (SSSR count). The van der Waals surface area contributed by atoms with Gasteiger partial charge in [0.15, 0.2) is 0 Å². The monoisotopic (exact) mass is 483 g/mol. The molecule has 1 aromatic carbocycles. The molecule has 11 heteroatoms. The molecule has 0 aliphatic rings. The first-order valence-corrected chi connectivity index (χ1v) is 11.1. The van der Waals surface area contributed by atoms with Gasteiger partial charge in [-0.05, 0) is 24.6 Å². The molecular formula is C17H17Cl4N3O3S. The van der Waals surface area contributed by atoms with Crippen LogP contribution in [0.5, 0.6) is 0 Å². The zero-order chi connectivity index (χ0) is 21.2. The largest absolute Gasteiger partial charge is 0.321 e. The topological polar surface area (TPSA) is 79.4 Å². The number of halogens is 4. The van der Waals surface area contributed by atoms with Crippen molar-refractivity contribution >= 4 is 68.0 Å². The lowest BCUT2D eigenvalue weighted by Gasteiger charge is -2.20. The van der Waals surface area contributed by atoms with Gasteiger partial charge in [-0.25, -0.2) is 13.4 Å². The third-order valence-electron chi connectivity index (χ3n) is 3.97. The highest BCUT2D eigenvalue weighted by Crippen LogP contribution is 2.36. The zero-order valence-corrected chi connectivity index (χ0v) is 19.0. The summed E-state index contributed by atoms with van der Waals surface area (Å²) in [5, 5.41) is 2.07. The molecule has 0 saturated carbocycles. The lowest BCUT2D eigenvalue weighted by Crippen LogP contribution is -2.31. The summed E-state index contributed by atoms with van der Waals surface area (Å²) in [5.41, 5.74) is 0.579. The standard InChI is InChI=1S/C17H17Cl4N3O3S/c1-4-24(5-2)28(26,27)11-8-10(7-6-9(11)3)22-17(25)15-13(19)12(18)14(20)16(21)23-15/h6-8H,4-5H2,1-3H3,(H,22,25). The molecule has 0 unspecified atom stereocenters. The Kier molecular flexibility index (Phi) is 7.58. The number of aromatic nitrogens is 1. The highest BCUT2D eigenvalue weighted by atomic mass is 35.5. The van der Waals surface area contributed by atoms with Crippen LogP contribution in [0.3, 0.4) is 0 Å². The Labute approximate surface area is 183 Å². The molecule has 1 aromatic heterocycles. The van der Waals surface area contributed by atoms with Crippen LogP contribution in [-0.4, -0.2) is 36.7 Å². The molecule has 1 heterocycles. The summed E-state index contributed by atoms with van der Waals surface area (Å²) in [6, 6.07) is 4.55. The van der Waals surface area contributed by atoms with E-state index < -0.39 is 15.9 Å². The maximum Gasteiger partial charge on any atom is 0.275 e. The highest BCUT2D eigenvalue weighted by molar-refractivity contribution is 7.89. The Hall–Kier alpha value is -1.09. The Morgan fingerprint density at radius 1 is 1.07 bits per heavy atom. The van der Waals surface area contributed by atoms with Crippen LogP contribution in [0.2, 0.25) is 20.2 Å². The number of sulfonamides is 1. The Morgan fingerprint density at radius 2 is 1.68 bits per heavy atom. The summed E-state index contributed by atoms with van der Waals surface area (Å²) in [6.07, 6.45) is 0. The molecule has 0 bridgehead atoms. The second-order valence-corrected chi connectivity index (χ2v) is 9.12. The third kappa shape index (κ3) is 4.56. The van der Waals surface area contributed by atoms with Gasteiger partial charge in [0, 0.05) is 18.8 Å². The van der Waals surface area contributed by atoms with Crippen LogP contribution in [0.1, 0.15) is 29.9 Å². The number of pyridine rings is 1. The number of amides is 1. The average molecular weight is 485 g/mol. The number of rotatable bonds is 6. The van der Waals surface area contributed by atoms with Gasteiger partial charge in [0.1, 0.15) is 10.8 Å². The van der Waals surface area contributed by atoms with Crippen molar-refractivity contribution in [2.24, 2.45) is 0 Å². The first-order chi connectivity index (χ1) is 13.0. The summed E-state index contributed by atoms with van der Waals surface area (Å²) >= 11 is 23.7. The Balaban J connectivity index is 2.43. The summed E-state index contributed by atoms with van der Waals surface area (Å²) in [5.74, 6) is -0.708. The van der Waals surface area contributed by atoms with Gasteiger partial charge in [0.05, 0.1) is 20.0 Å². The van der Waals surface area contributed by atoms with E-state index in [0.717, 1.165) is 0 Å². The van der Waals surface area contributed by atoms with E-state index in [0.29, 0.717) is 18.7 Å². The number of anilines is 1. The van der Waals surface area contributed by atoms with Crippen molar-refractivity contribution in [2.45, 2.75) is 25.7 Å². The Bertz CT molecular complexity index is 1020. The fraction of sp³-hybridized carbons (Fsp3) is 0.294. The van der Waals surface area contributed by atoms with E-state index in [1.54, 1.807) is 32.9 Å². The van der Waals surface area contributed by atoms with Crippen LogP contribution in [0.25, 0.3) is 0 Å². The van der Waals surface area contributed by atoms with Crippen molar-refractivity contribution in [1.29, 1.82) is 0 Å². The van der Waals surface area contributed by atoms with Gasteiger partial charge in [-0.3, -0.25) is 4.79 Å². The van der Waals surface area contributed by atoms with E-state index >= 15 is 0 Å². The summed E-state index contributed by atoms with van der Waals surface area (Å²) < 4.78 is 27.0. The van der Waals surface area contributed by atoms with E-state index in [9.17, 15) is 13.2 Å². The maximum atomic E-state index is 12.8. The number of hydrogen-bond acceptors (Lipinski definition) is 4. The van der Waals surface area contributed by atoms with Gasteiger partial charge in [-0.15, -0.1) is 0 Å². The molecule has 0 fully saturated rings. The second-order valence-electron chi connectivity index (χ2n) is 5.72. The summed E-state index contributed by atoms with van der Waals surface area (Å²) in [7, 11) is -3.70. The number of carbonyl (C=O) groups excluding carboxylic acids is 1. The SMILES string of the molecule is CCN(CC)S(=O)(=O)c1cc(NC(=O)c2nc(Cl)c(Cl)c(Cl)c2Cl)ccc1C. The molecule has 2 aromatic rings. The van der Waals surface area contributed by atoms with Crippen LogP contribution in [0, 0.1) is 6.92 Å². The summed E-state index contributed by atoms with van der Waals surface area (Å²) in [6.45, 7) is 5.85. The minimum atomic E-state index is -3.70. The van der Waals surface area contributed by atoms with Crippen molar-refractivity contribution in [3.63, 3.8) is 0 Å². The first-order valence-electron chi connectivity index (χ1n) is 8.16. The lowest BCUT2D eigenvalue weighted by molar-refractivity contribution is 0.102. The van der Waals surface area contributed by atoms with Gasteiger partial charge in [-0.2, -0.15) is 4.31 Å². The smallest absolute Gasteiger partial charge is 0.275 e. The van der Waals surface area contributed by atoms with Gasteiger partial charge in [0.2, 0.25) is 10.0 Å². The van der Waals surface area contributed by atoms with Crippen molar-refractivity contribution in [1.82, 2.24) is 9.29 Å². The fourth-order valence-electron chi connectivity index (χ4n) is 2.49. The molecular weight excluding hydrogens is 468 g/mol. The Morgan fingerprint density at radius 3 is 2.25 bits per heavy atom.